The van der Waals surface area contributed by atoms with Crippen LogP contribution < -0.4 is 4.90 Å². The quantitative estimate of drug-likeness (QED) is 0.634. The van der Waals surface area contributed by atoms with Gasteiger partial charge in [0, 0.05) is 19.3 Å². The van der Waals surface area contributed by atoms with Gasteiger partial charge in [-0.2, -0.15) is 0 Å². The zero-order valence-corrected chi connectivity index (χ0v) is 11.9. The van der Waals surface area contributed by atoms with Crippen molar-refractivity contribution >= 4 is 23.0 Å². The van der Waals surface area contributed by atoms with E-state index in [1.165, 1.54) is 25.2 Å². The summed E-state index contributed by atoms with van der Waals surface area (Å²) >= 11 is 6.15. The highest BCUT2D eigenvalue weighted by Crippen LogP contribution is 2.40. The minimum atomic E-state index is -0.430. The van der Waals surface area contributed by atoms with Gasteiger partial charge >= 0.3 is 5.69 Å². The maximum Gasteiger partial charge on any atom is 0.312 e. The summed E-state index contributed by atoms with van der Waals surface area (Å²) in [7, 11) is 0. The molecule has 1 aliphatic carbocycles. The van der Waals surface area contributed by atoms with Gasteiger partial charge in [0.1, 0.15) is 11.9 Å². The molecule has 7 heteroatoms. The molecule has 2 unspecified atom stereocenters. The summed E-state index contributed by atoms with van der Waals surface area (Å²) in [5.41, 5.74) is 0.425. The summed E-state index contributed by atoms with van der Waals surface area (Å²) in [5.74, 6) is 0.583. The second kappa shape index (κ2) is 5.18. The Morgan fingerprint density at radius 3 is 2.85 bits per heavy atom. The van der Waals surface area contributed by atoms with Crippen LogP contribution in [0, 0.1) is 16.0 Å². The molecule has 1 saturated carbocycles. The van der Waals surface area contributed by atoms with Crippen LogP contribution in [-0.4, -0.2) is 35.2 Å². The smallest absolute Gasteiger partial charge is 0.312 e. The first-order chi connectivity index (χ1) is 9.56. The molecule has 2 fully saturated rings. The normalized spacial score (nSPS) is 26.6. The molecule has 2 atom stereocenters. The molecule has 3 rings (SSSR count). The Hall–Kier alpha value is -1.40. The van der Waals surface area contributed by atoms with Gasteiger partial charge in [-0.25, -0.2) is 0 Å². The summed E-state index contributed by atoms with van der Waals surface area (Å²) in [6.45, 7) is 3.25. The van der Waals surface area contributed by atoms with Crippen molar-refractivity contribution in [2.24, 2.45) is 5.92 Å². The van der Waals surface area contributed by atoms with Crippen molar-refractivity contribution in [1.82, 2.24) is 4.98 Å². The van der Waals surface area contributed by atoms with E-state index in [1.807, 2.05) is 11.8 Å². The van der Waals surface area contributed by atoms with Crippen LogP contribution in [0.5, 0.6) is 0 Å². The number of hydrogen-bond acceptors (Lipinski definition) is 5. The molecule has 0 spiro atoms. The number of hydrogen-bond donors (Lipinski definition) is 0. The lowest BCUT2D eigenvalue weighted by atomic mass is 10.1. The standard InChI is InChI=1S/C13H16ClN3O3/c1-8-6-16(7-12(20-8)9-2-3-9)13-10(14)4-15-5-11(13)17(18)19/h4-5,8-9,12H,2-3,6-7H2,1H3. The minimum Gasteiger partial charge on any atom is -0.371 e. The number of nitro groups is 1. The van der Waals surface area contributed by atoms with Gasteiger partial charge in [0.2, 0.25) is 0 Å². The molecule has 0 N–H and O–H groups in total. The number of halogens is 1. The summed E-state index contributed by atoms with van der Waals surface area (Å²) in [6, 6.07) is 0. The van der Waals surface area contributed by atoms with E-state index in [4.69, 9.17) is 16.3 Å². The highest BCUT2D eigenvalue weighted by atomic mass is 35.5. The molecule has 0 radical (unpaired) electrons. The van der Waals surface area contributed by atoms with E-state index >= 15 is 0 Å². The maximum absolute atomic E-state index is 11.2. The number of morpholine rings is 1. The fourth-order valence-corrected chi connectivity index (χ4v) is 3.03. The number of anilines is 1. The molecular formula is C13H16ClN3O3. The van der Waals surface area contributed by atoms with Gasteiger partial charge in [-0.05, 0) is 25.7 Å². The minimum absolute atomic E-state index is 0.0400. The molecule has 0 aromatic carbocycles. The predicted molar refractivity (Wildman–Crippen MR) is 75.2 cm³/mol. The van der Waals surface area contributed by atoms with Crippen molar-refractivity contribution in [2.45, 2.75) is 32.0 Å². The predicted octanol–water partition coefficient (Wildman–Crippen LogP) is 2.65. The van der Waals surface area contributed by atoms with Crippen molar-refractivity contribution in [3.8, 4) is 0 Å². The molecule has 20 heavy (non-hydrogen) atoms. The highest BCUT2D eigenvalue weighted by Gasteiger charge is 2.39. The molecule has 2 heterocycles. The van der Waals surface area contributed by atoms with Crippen molar-refractivity contribution < 1.29 is 9.66 Å². The third-order valence-electron chi connectivity index (χ3n) is 3.80. The first-order valence-corrected chi connectivity index (χ1v) is 7.12. The lowest BCUT2D eigenvalue weighted by Crippen LogP contribution is -2.47. The Balaban J connectivity index is 1.92. The lowest BCUT2D eigenvalue weighted by Gasteiger charge is -2.38. The van der Waals surface area contributed by atoms with E-state index in [0.717, 1.165) is 0 Å². The van der Waals surface area contributed by atoms with Gasteiger partial charge in [0.15, 0.2) is 0 Å². The highest BCUT2D eigenvalue weighted by molar-refractivity contribution is 6.33. The molecule has 0 bridgehead atoms. The van der Waals surface area contributed by atoms with Gasteiger partial charge in [-0.15, -0.1) is 0 Å². The SMILES string of the molecule is CC1CN(c2c(Cl)cncc2[N+](=O)[O-])CC(C2CC2)O1. The Bertz CT molecular complexity index is 536. The monoisotopic (exact) mass is 297 g/mol. The first-order valence-electron chi connectivity index (χ1n) is 6.74. The Morgan fingerprint density at radius 1 is 1.45 bits per heavy atom. The first kappa shape index (κ1) is 13.6. The van der Waals surface area contributed by atoms with Gasteiger partial charge in [-0.1, -0.05) is 11.6 Å². The fraction of sp³-hybridized carbons (Fsp3) is 0.615. The van der Waals surface area contributed by atoms with Crippen LogP contribution in [0.25, 0.3) is 0 Å². The van der Waals surface area contributed by atoms with E-state index in [-0.39, 0.29) is 17.9 Å². The summed E-state index contributed by atoms with van der Waals surface area (Å²) in [4.78, 5) is 16.5. The van der Waals surface area contributed by atoms with Crippen molar-refractivity contribution in [2.75, 3.05) is 18.0 Å². The third-order valence-corrected chi connectivity index (χ3v) is 4.08. The summed E-state index contributed by atoms with van der Waals surface area (Å²) in [5, 5.41) is 11.5. The van der Waals surface area contributed by atoms with E-state index in [1.54, 1.807) is 0 Å². The third kappa shape index (κ3) is 2.58. The molecular weight excluding hydrogens is 282 g/mol. The van der Waals surface area contributed by atoms with Crippen molar-refractivity contribution in [3.05, 3.63) is 27.5 Å². The topological polar surface area (TPSA) is 68.5 Å². The summed E-state index contributed by atoms with van der Waals surface area (Å²) < 4.78 is 5.93. The van der Waals surface area contributed by atoms with E-state index in [0.29, 0.717) is 29.7 Å². The van der Waals surface area contributed by atoms with E-state index < -0.39 is 4.92 Å². The van der Waals surface area contributed by atoms with Crippen LogP contribution in [-0.2, 0) is 4.74 Å². The average Bonchev–Trinajstić information content (AvgIpc) is 3.21. The second-order valence-corrected chi connectivity index (χ2v) is 5.88. The zero-order valence-electron chi connectivity index (χ0n) is 11.2. The number of ether oxygens (including phenoxy) is 1. The molecule has 108 valence electrons. The van der Waals surface area contributed by atoms with Crippen molar-refractivity contribution in [3.63, 3.8) is 0 Å². The molecule has 1 aromatic heterocycles. The van der Waals surface area contributed by atoms with Crippen LogP contribution in [0.15, 0.2) is 12.4 Å². The average molecular weight is 298 g/mol. The van der Waals surface area contributed by atoms with Gasteiger partial charge in [0.05, 0.1) is 22.2 Å². The van der Waals surface area contributed by atoms with Crippen LogP contribution in [0.4, 0.5) is 11.4 Å². The summed E-state index contributed by atoms with van der Waals surface area (Å²) in [6.07, 6.45) is 5.25. The Kier molecular flexibility index (Phi) is 3.52. The van der Waals surface area contributed by atoms with Gasteiger partial charge in [-0.3, -0.25) is 15.1 Å². The zero-order chi connectivity index (χ0) is 14.3. The van der Waals surface area contributed by atoms with Crippen LogP contribution in [0.2, 0.25) is 5.02 Å². The Labute approximate surface area is 121 Å². The lowest BCUT2D eigenvalue weighted by molar-refractivity contribution is -0.384. The van der Waals surface area contributed by atoms with Gasteiger partial charge < -0.3 is 9.64 Å². The molecule has 1 aromatic rings. The Morgan fingerprint density at radius 2 is 2.20 bits per heavy atom. The van der Waals surface area contributed by atoms with Crippen LogP contribution in [0.3, 0.4) is 0 Å². The largest absolute Gasteiger partial charge is 0.371 e. The molecule has 2 aliphatic rings. The second-order valence-electron chi connectivity index (χ2n) is 5.47. The fourth-order valence-electron chi connectivity index (χ4n) is 2.76. The molecule has 1 aliphatic heterocycles. The van der Waals surface area contributed by atoms with Gasteiger partial charge in [0.25, 0.3) is 0 Å². The van der Waals surface area contributed by atoms with Crippen LogP contribution in [0.1, 0.15) is 19.8 Å². The number of pyridine rings is 1. The van der Waals surface area contributed by atoms with Crippen molar-refractivity contribution in [1.29, 1.82) is 0 Å². The van der Waals surface area contributed by atoms with E-state index in [2.05, 4.69) is 4.98 Å². The number of aromatic nitrogens is 1. The maximum atomic E-state index is 11.2. The molecule has 6 nitrogen and oxygen atoms in total. The van der Waals surface area contributed by atoms with E-state index in [9.17, 15) is 10.1 Å². The number of rotatable bonds is 3. The molecule has 1 saturated heterocycles. The molecule has 0 amide bonds. The van der Waals surface area contributed by atoms with Crippen LogP contribution >= 0.6 is 11.6 Å². The number of nitrogens with zero attached hydrogens (tertiary/aromatic N) is 3.